The molecule has 0 aliphatic carbocycles. The Labute approximate surface area is 134 Å². The number of nitrogens with one attached hydrogen (secondary N) is 3. The summed E-state index contributed by atoms with van der Waals surface area (Å²) in [5, 5.41) is 7.18. The third-order valence-electron chi connectivity index (χ3n) is 4.06. The number of hydrogen-bond donors (Lipinski definition) is 3. The highest BCUT2D eigenvalue weighted by molar-refractivity contribution is 7.20. The van der Waals surface area contributed by atoms with Crippen LogP contribution in [0.15, 0.2) is 6.07 Å². The van der Waals surface area contributed by atoms with Gasteiger partial charge in [0.1, 0.15) is 5.69 Å². The van der Waals surface area contributed by atoms with Crippen molar-refractivity contribution in [2.45, 2.75) is 38.1 Å². The topological polar surface area (TPSA) is 79.0 Å². The second kappa shape index (κ2) is 6.02. The van der Waals surface area contributed by atoms with Crippen LogP contribution in [-0.4, -0.2) is 43.4 Å². The predicted octanol–water partition coefficient (Wildman–Crippen LogP) is 2.32. The molecular formula is C14H22N4O2SSi. The molecule has 0 aromatic carbocycles. The lowest BCUT2D eigenvalue weighted by Gasteiger charge is -2.21. The Bertz CT molecular complexity index is 650. The lowest BCUT2D eigenvalue weighted by molar-refractivity contribution is 0.0924. The molecule has 0 spiro atoms. The third-order valence-corrected chi connectivity index (χ3v) is 7.89. The summed E-state index contributed by atoms with van der Waals surface area (Å²) in [6.45, 7) is 4.78. The van der Waals surface area contributed by atoms with Crippen LogP contribution in [0, 0.1) is 0 Å². The van der Waals surface area contributed by atoms with Gasteiger partial charge in [0.25, 0.3) is 11.1 Å². The number of methoxy groups -OCH3 is 1. The zero-order valence-corrected chi connectivity index (χ0v) is 15.0. The van der Waals surface area contributed by atoms with E-state index in [1.54, 1.807) is 7.11 Å². The summed E-state index contributed by atoms with van der Waals surface area (Å²) in [4.78, 5) is 19.7. The second-order valence-electron chi connectivity index (χ2n) is 6.54. The minimum Gasteiger partial charge on any atom is -0.473 e. The molecule has 3 N–H and O–H groups in total. The highest BCUT2D eigenvalue weighted by Crippen LogP contribution is 2.27. The van der Waals surface area contributed by atoms with E-state index < -0.39 is 8.07 Å². The van der Waals surface area contributed by atoms with Gasteiger partial charge in [-0.2, -0.15) is 4.98 Å². The summed E-state index contributed by atoms with van der Waals surface area (Å²) in [5.74, 6) is -0.0805. The lowest BCUT2D eigenvalue weighted by atomic mass is 10.2. The van der Waals surface area contributed by atoms with Crippen molar-refractivity contribution in [2.75, 3.05) is 13.3 Å². The minimum absolute atomic E-state index is 0.0607. The SMILES string of the molecule is COc1nc2[nH]c(C(=O)N[C@@H]3CCC[Si](C)(C)CN3)cc2s1. The Morgan fingerprint density at radius 3 is 3.09 bits per heavy atom. The molecule has 2 aromatic rings. The van der Waals surface area contributed by atoms with Crippen molar-refractivity contribution in [1.82, 2.24) is 20.6 Å². The van der Waals surface area contributed by atoms with E-state index in [0.29, 0.717) is 16.5 Å². The number of amides is 1. The molecule has 0 radical (unpaired) electrons. The van der Waals surface area contributed by atoms with Crippen LogP contribution in [-0.2, 0) is 0 Å². The van der Waals surface area contributed by atoms with Gasteiger partial charge in [0.2, 0.25) is 0 Å². The number of aromatic nitrogens is 2. The summed E-state index contributed by atoms with van der Waals surface area (Å²) in [6, 6.07) is 3.15. The van der Waals surface area contributed by atoms with Crippen LogP contribution in [0.2, 0.25) is 19.1 Å². The molecule has 1 saturated heterocycles. The van der Waals surface area contributed by atoms with E-state index in [0.717, 1.165) is 17.3 Å². The van der Waals surface area contributed by atoms with Crippen molar-refractivity contribution in [2.24, 2.45) is 0 Å². The third kappa shape index (κ3) is 3.34. The van der Waals surface area contributed by atoms with Gasteiger partial charge < -0.3 is 20.4 Å². The first-order valence-corrected chi connectivity index (χ1v) is 11.8. The number of rotatable bonds is 3. The first-order chi connectivity index (χ1) is 10.5. The molecule has 6 nitrogen and oxygen atoms in total. The fourth-order valence-electron chi connectivity index (χ4n) is 2.74. The van der Waals surface area contributed by atoms with Crippen LogP contribution >= 0.6 is 11.3 Å². The number of H-pyrrole nitrogens is 1. The van der Waals surface area contributed by atoms with E-state index in [-0.39, 0.29) is 12.1 Å². The summed E-state index contributed by atoms with van der Waals surface area (Å²) in [6.07, 6.45) is 3.28. The number of carbonyl (C=O) groups excluding carboxylic acids is 1. The molecule has 2 aromatic heterocycles. The Balaban J connectivity index is 1.66. The van der Waals surface area contributed by atoms with E-state index in [4.69, 9.17) is 4.74 Å². The largest absolute Gasteiger partial charge is 0.473 e. The molecule has 1 aliphatic heterocycles. The molecule has 3 rings (SSSR count). The highest BCUT2D eigenvalue weighted by atomic mass is 32.1. The first-order valence-electron chi connectivity index (χ1n) is 7.55. The van der Waals surface area contributed by atoms with Crippen molar-refractivity contribution in [1.29, 1.82) is 0 Å². The van der Waals surface area contributed by atoms with Gasteiger partial charge in [0, 0.05) is 0 Å². The first kappa shape index (κ1) is 15.5. The molecule has 22 heavy (non-hydrogen) atoms. The van der Waals surface area contributed by atoms with Crippen LogP contribution in [0.3, 0.4) is 0 Å². The molecule has 1 aliphatic rings. The maximum Gasteiger partial charge on any atom is 0.275 e. The molecule has 0 unspecified atom stereocenters. The van der Waals surface area contributed by atoms with Gasteiger partial charge in [-0.15, -0.1) is 0 Å². The average molecular weight is 339 g/mol. The Morgan fingerprint density at radius 1 is 1.55 bits per heavy atom. The van der Waals surface area contributed by atoms with E-state index in [1.807, 2.05) is 6.07 Å². The van der Waals surface area contributed by atoms with Crippen LogP contribution in [0.5, 0.6) is 5.19 Å². The number of carbonyl (C=O) groups is 1. The van der Waals surface area contributed by atoms with Gasteiger partial charge >= 0.3 is 0 Å². The minimum atomic E-state index is -1.13. The van der Waals surface area contributed by atoms with Gasteiger partial charge in [-0.3, -0.25) is 4.79 Å². The predicted molar refractivity (Wildman–Crippen MR) is 91.3 cm³/mol. The fraction of sp³-hybridized carbons (Fsp3) is 0.571. The maximum absolute atomic E-state index is 12.4. The molecule has 0 bridgehead atoms. The quantitative estimate of drug-likeness (QED) is 0.751. The number of ether oxygens (including phenoxy) is 1. The molecular weight excluding hydrogens is 316 g/mol. The smallest absolute Gasteiger partial charge is 0.275 e. The Hall–Kier alpha value is -1.38. The summed E-state index contributed by atoms with van der Waals surface area (Å²) in [5.41, 5.74) is 1.26. The normalized spacial score (nSPS) is 21.5. The lowest BCUT2D eigenvalue weighted by Crippen LogP contribution is -2.49. The molecule has 8 heteroatoms. The van der Waals surface area contributed by atoms with Gasteiger partial charge in [-0.05, 0) is 18.7 Å². The van der Waals surface area contributed by atoms with E-state index in [1.165, 1.54) is 23.8 Å². The molecule has 0 saturated carbocycles. The van der Waals surface area contributed by atoms with Crippen molar-refractivity contribution >= 4 is 35.7 Å². The molecule has 1 fully saturated rings. The van der Waals surface area contributed by atoms with E-state index in [9.17, 15) is 4.79 Å². The van der Waals surface area contributed by atoms with Crippen molar-refractivity contribution < 1.29 is 9.53 Å². The summed E-state index contributed by atoms with van der Waals surface area (Å²) >= 11 is 1.43. The van der Waals surface area contributed by atoms with Gasteiger partial charge in [0.05, 0.1) is 26.0 Å². The number of nitrogens with zero attached hydrogens (tertiary/aromatic N) is 1. The summed E-state index contributed by atoms with van der Waals surface area (Å²) < 4.78 is 6.03. The maximum atomic E-state index is 12.4. The Morgan fingerprint density at radius 2 is 2.36 bits per heavy atom. The van der Waals surface area contributed by atoms with Crippen molar-refractivity contribution in [3.05, 3.63) is 11.8 Å². The van der Waals surface area contributed by atoms with Crippen LogP contribution in [0.1, 0.15) is 23.3 Å². The highest BCUT2D eigenvalue weighted by Gasteiger charge is 2.26. The molecule has 1 amide bonds. The van der Waals surface area contributed by atoms with Crippen LogP contribution in [0.25, 0.3) is 10.3 Å². The van der Waals surface area contributed by atoms with E-state index in [2.05, 4.69) is 33.7 Å². The van der Waals surface area contributed by atoms with Crippen LogP contribution < -0.4 is 15.4 Å². The molecule has 120 valence electrons. The van der Waals surface area contributed by atoms with Crippen molar-refractivity contribution in [3.63, 3.8) is 0 Å². The second-order valence-corrected chi connectivity index (χ2v) is 12.7. The molecule has 1 atom stereocenters. The Kier molecular flexibility index (Phi) is 4.24. The van der Waals surface area contributed by atoms with Gasteiger partial charge in [-0.1, -0.05) is 36.9 Å². The van der Waals surface area contributed by atoms with Gasteiger partial charge in [0.15, 0.2) is 5.65 Å². The number of aromatic amines is 1. The van der Waals surface area contributed by atoms with Crippen LogP contribution in [0.4, 0.5) is 0 Å². The number of thiazole rings is 1. The number of fused-ring (bicyclic) bond motifs is 1. The van der Waals surface area contributed by atoms with Crippen molar-refractivity contribution in [3.8, 4) is 5.19 Å². The van der Waals surface area contributed by atoms with Gasteiger partial charge in [-0.25, -0.2) is 0 Å². The molecule has 3 heterocycles. The number of hydrogen-bond acceptors (Lipinski definition) is 5. The monoisotopic (exact) mass is 338 g/mol. The standard InChI is InChI=1S/C14H22N4O2SSi/c1-20-14-18-12-10(21-14)7-9(16-12)13(19)17-11-5-4-6-22(2,3)8-15-11/h7,11,15-16H,4-6,8H2,1-3H3,(H,17,19)/t11-/m1/s1. The van der Waals surface area contributed by atoms with E-state index >= 15 is 0 Å². The fourth-order valence-corrected chi connectivity index (χ4v) is 5.65. The zero-order chi connectivity index (χ0) is 15.7. The summed E-state index contributed by atoms with van der Waals surface area (Å²) in [7, 11) is 0.460. The average Bonchev–Trinajstić information content (AvgIpc) is 2.97. The zero-order valence-electron chi connectivity index (χ0n) is 13.2.